The molecule has 0 radical (unpaired) electrons. The summed E-state index contributed by atoms with van der Waals surface area (Å²) in [6.45, 7) is 0. The first-order valence-electron chi connectivity index (χ1n) is 3.35. The first-order valence-corrected chi connectivity index (χ1v) is 3.35. The van der Waals surface area contributed by atoms with Gasteiger partial charge in [-0.1, -0.05) is 0 Å². The molecule has 0 aliphatic carbocycles. The molecule has 0 heterocycles. The number of benzene rings is 1. The normalized spacial score (nSPS) is 8.29. The molecule has 7 nitrogen and oxygen atoms in total. The van der Waals surface area contributed by atoms with Gasteiger partial charge in [0.05, 0.1) is 5.56 Å². The minimum atomic E-state index is -1.50. The second kappa shape index (κ2) is 5.36. The maximum absolute atomic E-state index is 10.3. The van der Waals surface area contributed by atoms with Crippen LogP contribution in [0.4, 0.5) is 5.69 Å². The van der Waals surface area contributed by atoms with Gasteiger partial charge < -0.3 is 16.0 Å². The van der Waals surface area contributed by atoms with Crippen LogP contribution in [-0.4, -0.2) is 21.4 Å². The SMILES string of the molecule is Nc1ccc(C(=O)O)cc1.O=[N+]([O-])O. The van der Waals surface area contributed by atoms with E-state index < -0.39 is 11.1 Å². The predicted octanol–water partition coefficient (Wildman–Crippen LogP) is 0.619. The van der Waals surface area contributed by atoms with E-state index in [2.05, 4.69) is 0 Å². The summed E-state index contributed by atoms with van der Waals surface area (Å²) in [5.41, 5.74) is 6.17. The number of rotatable bonds is 1. The van der Waals surface area contributed by atoms with E-state index in [4.69, 9.17) is 26.2 Å². The molecule has 0 saturated heterocycles. The molecule has 0 aliphatic heterocycles. The van der Waals surface area contributed by atoms with Crippen molar-refractivity contribution in [1.29, 1.82) is 0 Å². The highest BCUT2D eigenvalue weighted by Gasteiger charge is 1.98. The molecular formula is C7H8N2O5. The molecule has 4 N–H and O–H groups in total. The third-order valence-electron chi connectivity index (χ3n) is 1.16. The van der Waals surface area contributed by atoms with Gasteiger partial charge in [0.2, 0.25) is 0 Å². The average molecular weight is 200 g/mol. The van der Waals surface area contributed by atoms with Gasteiger partial charge in [-0.25, -0.2) is 4.79 Å². The van der Waals surface area contributed by atoms with E-state index in [1.165, 1.54) is 12.1 Å². The lowest BCUT2D eigenvalue weighted by atomic mass is 10.2. The summed E-state index contributed by atoms with van der Waals surface area (Å²) < 4.78 is 0. The van der Waals surface area contributed by atoms with Crippen LogP contribution in [0.1, 0.15) is 10.4 Å². The van der Waals surface area contributed by atoms with Crippen LogP contribution in [0.2, 0.25) is 0 Å². The van der Waals surface area contributed by atoms with Gasteiger partial charge in [0, 0.05) is 5.69 Å². The number of carboxylic acids is 1. The summed E-state index contributed by atoms with van der Waals surface area (Å²) in [5.74, 6) is -0.931. The number of nitrogens with zero attached hydrogens (tertiary/aromatic N) is 1. The van der Waals surface area contributed by atoms with E-state index >= 15 is 0 Å². The van der Waals surface area contributed by atoms with Crippen molar-refractivity contribution in [3.63, 3.8) is 0 Å². The fourth-order valence-electron chi connectivity index (χ4n) is 0.626. The molecule has 1 aromatic carbocycles. The molecule has 14 heavy (non-hydrogen) atoms. The van der Waals surface area contributed by atoms with E-state index in [9.17, 15) is 4.79 Å². The number of hydrogen-bond acceptors (Lipinski definition) is 4. The van der Waals surface area contributed by atoms with E-state index in [1.807, 2.05) is 0 Å². The zero-order chi connectivity index (χ0) is 11.1. The van der Waals surface area contributed by atoms with Gasteiger partial charge in [0.15, 0.2) is 0 Å². The third-order valence-corrected chi connectivity index (χ3v) is 1.16. The number of hydrogen-bond donors (Lipinski definition) is 3. The van der Waals surface area contributed by atoms with Crippen molar-refractivity contribution in [2.75, 3.05) is 5.73 Å². The summed E-state index contributed by atoms with van der Waals surface area (Å²) in [7, 11) is 0. The van der Waals surface area contributed by atoms with Crippen LogP contribution in [0.5, 0.6) is 0 Å². The minimum absolute atomic E-state index is 0.259. The lowest BCUT2D eigenvalue weighted by Gasteiger charge is -1.93. The highest BCUT2D eigenvalue weighted by Crippen LogP contribution is 2.04. The van der Waals surface area contributed by atoms with Crippen molar-refractivity contribution in [1.82, 2.24) is 0 Å². The first kappa shape index (κ1) is 11.7. The lowest BCUT2D eigenvalue weighted by molar-refractivity contribution is -0.742. The molecule has 7 heteroatoms. The van der Waals surface area contributed by atoms with Gasteiger partial charge in [-0.3, -0.25) is 0 Å². The summed E-state index contributed by atoms with van der Waals surface area (Å²) in [6, 6.07) is 6.06. The van der Waals surface area contributed by atoms with Crippen LogP contribution in [-0.2, 0) is 0 Å². The Balaban J connectivity index is 0.000000364. The van der Waals surface area contributed by atoms with E-state index in [-0.39, 0.29) is 5.56 Å². The second-order valence-electron chi connectivity index (χ2n) is 2.16. The number of nitrogens with two attached hydrogens (primary N) is 1. The highest BCUT2D eigenvalue weighted by molar-refractivity contribution is 5.87. The summed E-state index contributed by atoms with van der Waals surface area (Å²) in [6.07, 6.45) is 0. The molecule has 0 aliphatic rings. The molecule has 1 rings (SSSR count). The average Bonchev–Trinajstić information content (AvgIpc) is 2.03. The fourth-order valence-corrected chi connectivity index (χ4v) is 0.626. The maximum Gasteiger partial charge on any atom is 0.335 e. The Kier molecular flexibility index (Phi) is 4.47. The Morgan fingerprint density at radius 1 is 1.36 bits per heavy atom. The molecule has 0 aromatic heterocycles. The second-order valence-corrected chi connectivity index (χ2v) is 2.16. The zero-order valence-corrected chi connectivity index (χ0v) is 6.95. The van der Waals surface area contributed by atoms with Crippen LogP contribution in [0, 0.1) is 10.1 Å². The largest absolute Gasteiger partial charge is 0.478 e. The first-order chi connectivity index (χ1) is 6.43. The van der Waals surface area contributed by atoms with Crippen molar-refractivity contribution >= 4 is 11.7 Å². The van der Waals surface area contributed by atoms with Crippen molar-refractivity contribution in [2.24, 2.45) is 0 Å². The highest BCUT2D eigenvalue weighted by atomic mass is 16.9. The Labute approximate surface area is 78.5 Å². The monoisotopic (exact) mass is 200 g/mol. The van der Waals surface area contributed by atoms with E-state index in [1.54, 1.807) is 12.1 Å². The number of carboxylic acid groups (broad SMARTS) is 1. The van der Waals surface area contributed by atoms with Crippen LogP contribution in [0.25, 0.3) is 0 Å². The molecule has 76 valence electrons. The molecule has 0 saturated carbocycles. The van der Waals surface area contributed by atoms with Crippen LogP contribution >= 0.6 is 0 Å². The predicted molar refractivity (Wildman–Crippen MR) is 46.6 cm³/mol. The Morgan fingerprint density at radius 2 is 1.71 bits per heavy atom. The summed E-state index contributed by atoms with van der Waals surface area (Å²) in [5, 5.41) is 22.1. The summed E-state index contributed by atoms with van der Waals surface area (Å²) in [4.78, 5) is 18.6. The van der Waals surface area contributed by atoms with Crippen molar-refractivity contribution < 1.29 is 20.2 Å². The molecule has 0 bridgehead atoms. The Hall–Kier alpha value is -2.31. The molecular weight excluding hydrogens is 192 g/mol. The van der Waals surface area contributed by atoms with Crippen LogP contribution in [0.3, 0.4) is 0 Å². The zero-order valence-electron chi connectivity index (χ0n) is 6.95. The molecule has 0 fully saturated rings. The van der Waals surface area contributed by atoms with Crippen molar-refractivity contribution in [3.05, 3.63) is 39.9 Å². The van der Waals surface area contributed by atoms with Gasteiger partial charge in [-0.2, -0.15) is 0 Å². The maximum atomic E-state index is 10.3. The standard InChI is InChI=1S/C7H7NO2.HNO3/c8-6-3-1-5(2-4-6)7(9)10;2-1(3)4/h1-4H,8H2,(H,9,10);(H,2,3,4). The van der Waals surface area contributed by atoms with Gasteiger partial charge in [-0.15, -0.1) is 10.1 Å². The number of carbonyl (C=O) groups is 1. The molecule has 0 amide bonds. The van der Waals surface area contributed by atoms with Gasteiger partial charge in [0.25, 0.3) is 5.09 Å². The molecule has 1 aromatic rings. The lowest BCUT2D eigenvalue weighted by Crippen LogP contribution is -1.95. The van der Waals surface area contributed by atoms with Gasteiger partial charge >= 0.3 is 5.97 Å². The van der Waals surface area contributed by atoms with Gasteiger partial charge in [0.1, 0.15) is 0 Å². The van der Waals surface area contributed by atoms with Crippen molar-refractivity contribution in [2.45, 2.75) is 0 Å². The van der Waals surface area contributed by atoms with E-state index in [0.717, 1.165) is 0 Å². The fraction of sp³-hybridized carbons (Fsp3) is 0. The molecule has 0 unspecified atom stereocenters. The van der Waals surface area contributed by atoms with Gasteiger partial charge in [-0.05, 0) is 24.3 Å². The van der Waals surface area contributed by atoms with E-state index in [0.29, 0.717) is 5.69 Å². The summed E-state index contributed by atoms with van der Waals surface area (Å²) >= 11 is 0. The van der Waals surface area contributed by atoms with Crippen LogP contribution < -0.4 is 5.73 Å². The molecule has 0 spiro atoms. The Morgan fingerprint density at radius 3 is 2.00 bits per heavy atom. The number of nitrogen functional groups attached to an aromatic ring is 1. The minimum Gasteiger partial charge on any atom is -0.478 e. The number of aromatic carboxylic acids is 1. The number of anilines is 1. The topological polar surface area (TPSA) is 127 Å². The molecule has 0 atom stereocenters. The van der Waals surface area contributed by atoms with Crippen molar-refractivity contribution in [3.8, 4) is 0 Å². The van der Waals surface area contributed by atoms with Crippen LogP contribution in [0.15, 0.2) is 24.3 Å². The third kappa shape index (κ3) is 5.35. The Bertz CT molecular complexity index is 317. The quantitative estimate of drug-likeness (QED) is 0.346. The smallest absolute Gasteiger partial charge is 0.335 e.